The maximum atomic E-state index is 5.89. The lowest BCUT2D eigenvalue weighted by Gasteiger charge is -2.06. The first-order chi connectivity index (χ1) is 20.4. The number of hydrogen-bond donors (Lipinski definition) is 0. The van der Waals surface area contributed by atoms with Crippen molar-refractivity contribution in [2.45, 2.75) is 245 Å². The van der Waals surface area contributed by atoms with E-state index < -0.39 is 0 Å². The summed E-state index contributed by atoms with van der Waals surface area (Å²) in [7, 11) is 0. The molecule has 0 unspecified atom stereocenters. The maximum Gasteiger partial charge on any atom is 0.0466 e. The minimum Gasteiger partial charge on any atom is -0.381 e. The van der Waals surface area contributed by atoms with E-state index in [1.165, 1.54) is 231 Å². The van der Waals surface area contributed by atoms with Gasteiger partial charge >= 0.3 is 0 Å². The number of unbranched alkanes of at least 4 members (excludes halogenated alkanes) is 34. The van der Waals surface area contributed by atoms with Crippen molar-refractivity contribution in [2.75, 3.05) is 13.2 Å². The van der Waals surface area contributed by atoms with Crippen LogP contribution in [-0.2, 0) is 4.74 Å². The maximum absolute atomic E-state index is 5.89. The molecule has 0 aliphatic rings. The Hall–Kier alpha value is -0.0400. The smallest absolute Gasteiger partial charge is 0.0466 e. The Morgan fingerprint density at radius 2 is 0.341 bits per heavy atom. The van der Waals surface area contributed by atoms with E-state index in [9.17, 15) is 0 Å². The third-order valence-electron chi connectivity index (χ3n) is 9.28. The summed E-state index contributed by atoms with van der Waals surface area (Å²) in [6.45, 7) is 6.61. The molecule has 0 radical (unpaired) electrons. The molecule has 0 saturated heterocycles. The Kier molecular flexibility index (Phi) is 39.9. The van der Waals surface area contributed by atoms with Crippen LogP contribution in [0.1, 0.15) is 245 Å². The zero-order valence-electron chi connectivity index (χ0n) is 29.3. The Balaban J connectivity index is 3.02. The van der Waals surface area contributed by atoms with E-state index in [0.29, 0.717) is 0 Å². The minimum atomic E-state index is 0.998. The summed E-state index contributed by atoms with van der Waals surface area (Å²) in [5, 5.41) is 0. The lowest BCUT2D eigenvalue weighted by atomic mass is 10.0. The Morgan fingerprint density at radius 1 is 0.195 bits per heavy atom. The molecule has 0 aliphatic carbocycles. The molecule has 0 aliphatic heterocycles. The average molecular weight is 579 g/mol. The highest BCUT2D eigenvalue weighted by molar-refractivity contribution is 4.52. The molecular weight excluding hydrogens is 496 g/mol. The van der Waals surface area contributed by atoms with E-state index >= 15 is 0 Å². The number of hydrogen-bond acceptors (Lipinski definition) is 1. The summed E-state index contributed by atoms with van der Waals surface area (Å²) in [5.74, 6) is 0. The van der Waals surface area contributed by atoms with Crippen LogP contribution in [0.2, 0.25) is 0 Å². The fraction of sp³-hybridized carbons (Fsp3) is 1.00. The molecule has 248 valence electrons. The van der Waals surface area contributed by atoms with Gasteiger partial charge in [-0.2, -0.15) is 0 Å². The van der Waals surface area contributed by atoms with Crippen LogP contribution in [-0.4, -0.2) is 13.2 Å². The third kappa shape index (κ3) is 40.0. The van der Waals surface area contributed by atoms with Gasteiger partial charge in [0.2, 0.25) is 0 Å². The van der Waals surface area contributed by atoms with Crippen LogP contribution >= 0.6 is 0 Å². The molecule has 1 heteroatoms. The fourth-order valence-corrected chi connectivity index (χ4v) is 6.31. The molecule has 0 bridgehead atoms. The predicted molar refractivity (Wildman–Crippen MR) is 188 cm³/mol. The van der Waals surface area contributed by atoms with Crippen molar-refractivity contribution < 1.29 is 4.74 Å². The Bertz CT molecular complexity index is 381. The van der Waals surface area contributed by atoms with E-state index in [0.717, 1.165) is 13.2 Å². The summed E-state index contributed by atoms with van der Waals surface area (Å²) >= 11 is 0. The molecule has 0 amide bonds. The second-order valence-corrected chi connectivity index (χ2v) is 13.6. The van der Waals surface area contributed by atoms with Gasteiger partial charge in [-0.05, 0) is 12.8 Å². The normalized spacial score (nSPS) is 11.6. The van der Waals surface area contributed by atoms with Crippen LogP contribution < -0.4 is 0 Å². The van der Waals surface area contributed by atoms with Gasteiger partial charge in [-0.25, -0.2) is 0 Å². The van der Waals surface area contributed by atoms with Gasteiger partial charge in [0.15, 0.2) is 0 Å². The molecular formula is C40H82O. The van der Waals surface area contributed by atoms with Crippen molar-refractivity contribution in [1.29, 1.82) is 0 Å². The van der Waals surface area contributed by atoms with E-state index in [1.54, 1.807) is 0 Å². The molecule has 0 N–H and O–H groups in total. The molecule has 0 atom stereocenters. The minimum absolute atomic E-state index is 0.998. The van der Waals surface area contributed by atoms with Gasteiger partial charge in [-0.15, -0.1) is 0 Å². The van der Waals surface area contributed by atoms with Crippen LogP contribution in [0.4, 0.5) is 0 Å². The molecule has 1 nitrogen and oxygen atoms in total. The predicted octanol–water partition coefficient (Wildman–Crippen LogP) is 15.1. The lowest BCUT2D eigenvalue weighted by molar-refractivity contribution is 0.125. The van der Waals surface area contributed by atoms with Crippen molar-refractivity contribution in [3.05, 3.63) is 0 Å². The Morgan fingerprint density at radius 3 is 0.512 bits per heavy atom. The van der Waals surface area contributed by atoms with Gasteiger partial charge in [0, 0.05) is 13.2 Å². The molecule has 0 heterocycles. The molecule has 0 spiro atoms. The molecule has 0 aromatic carbocycles. The van der Waals surface area contributed by atoms with Crippen molar-refractivity contribution >= 4 is 0 Å². The van der Waals surface area contributed by atoms with Crippen LogP contribution in [0.5, 0.6) is 0 Å². The van der Waals surface area contributed by atoms with E-state index in [-0.39, 0.29) is 0 Å². The van der Waals surface area contributed by atoms with E-state index in [1.807, 2.05) is 0 Å². The van der Waals surface area contributed by atoms with Crippen molar-refractivity contribution in [3.8, 4) is 0 Å². The number of ether oxygens (including phenoxy) is 1. The van der Waals surface area contributed by atoms with Crippen molar-refractivity contribution in [1.82, 2.24) is 0 Å². The van der Waals surface area contributed by atoms with Crippen LogP contribution in [0.15, 0.2) is 0 Å². The van der Waals surface area contributed by atoms with Gasteiger partial charge in [-0.1, -0.05) is 232 Å². The van der Waals surface area contributed by atoms with Gasteiger partial charge in [0.1, 0.15) is 0 Å². The average Bonchev–Trinajstić information content (AvgIpc) is 2.98. The topological polar surface area (TPSA) is 9.23 Å². The summed E-state index contributed by atoms with van der Waals surface area (Å²) in [5.41, 5.74) is 0. The first-order valence-corrected chi connectivity index (χ1v) is 20.0. The Labute approximate surface area is 262 Å². The quantitative estimate of drug-likeness (QED) is 0.0662. The zero-order chi connectivity index (χ0) is 29.6. The van der Waals surface area contributed by atoms with E-state index in [4.69, 9.17) is 4.74 Å². The zero-order valence-corrected chi connectivity index (χ0v) is 29.3. The number of rotatable bonds is 38. The summed E-state index contributed by atoms with van der Waals surface area (Å²) < 4.78 is 5.89. The summed E-state index contributed by atoms with van der Waals surface area (Å²) in [6, 6.07) is 0. The van der Waals surface area contributed by atoms with Crippen molar-refractivity contribution in [2.24, 2.45) is 0 Å². The third-order valence-corrected chi connectivity index (χ3v) is 9.28. The largest absolute Gasteiger partial charge is 0.381 e. The molecule has 0 rings (SSSR count). The van der Waals surface area contributed by atoms with Crippen LogP contribution in [0.25, 0.3) is 0 Å². The second kappa shape index (κ2) is 40.0. The molecule has 0 aromatic rings. The van der Waals surface area contributed by atoms with Crippen molar-refractivity contribution in [3.63, 3.8) is 0 Å². The second-order valence-electron chi connectivity index (χ2n) is 13.6. The van der Waals surface area contributed by atoms with Gasteiger partial charge in [0.05, 0.1) is 0 Å². The summed E-state index contributed by atoms with van der Waals surface area (Å²) in [4.78, 5) is 0. The molecule has 41 heavy (non-hydrogen) atoms. The van der Waals surface area contributed by atoms with Gasteiger partial charge in [-0.3, -0.25) is 0 Å². The highest BCUT2D eigenvalue weighted by atomic mass is 16.5. The van der Waals surface area contributed by atoms with E-state index in [2.05, 4.69) is 13.8 Å². The highest BCUT2D eigenvalue weighted by Crippen LogP contribution is 2.16. The monoisotopic (exact) mass is 579 g/mol. The molecule has 0 aromatic heterocycles. The SMILES string of the molecule is CCCCCCCCCCCCCCCCCCCCOCCCCCCCCCCCCCCCCCCCC. The first kappa shape index (κ1) is 41.0. The fourth-order valence-electron chi connectivity index (χ4n) is 6.31. The van der Waals surface area contributed by atoms with Crippen LogP contribution in [0.3, 0.4) is 0 Å². The standard InChI is InChI=1S/C40H82O/c1-3-5-7-9-11-13-15-17-19-21-23-25-27-29-31-33-35-37-39-41-40-38-36-34-32-30-28-26-24-22-20-18-16-14-12-10-8-6-4-2/h3-40H2,1-2H3. The first-order valence-electron chi connectivity index (χ1n) is 20.0. The summed E-state index contributed by atoms with van der Waals surface area (Å²) in [6.07, 6.45) is 52.0. The van der Waals surface area contributed by atoms with Crippen LogP contribution in [0, 0.1) is 0 Å². The van der Waals surface area contributed by atoms with Gasteiger partial charge < -0.3 is 4.74 Å². The molecule has 0 fully saturated rings. The lowest BCUT2D eigenvalue weighted by Crippen LogP contribution is -1.97. The highest BCUT2D eigenvalue weighted by Gasteiger charge is 1.97. The van der Waals surface area contributed by atoms with Gasteiger partial charge in [0.25, 0.3) is 0 Å². The molecule has 0 saturated carbocycles.